The summed E-state index contributed by atoms with van der Waals surface area (Å²) >= 11 is 0. The summed E-state index contributed by atoms with van der Waals surface area (Å²) in [5, 5.41) is 8.39. The van der Waals surface area contributed by atoms with Gasteiger partial charge in [0.1, 0.15) is 19.0 Å². The number of sulfonamides is 1. The van der Waals surface area contributed by atoms with Crippen molar-refractivity contribution < 1.29 is 31.8 Å². The van der Waals surface area contributed by atoms with Crippen molar-refractivity contribution in [3.63, 3.8) is 0 Å². The van der Waals surface area contributed by atoms with E-state index in [4.69, 9.17) is 14.6 Å². The van der Waals surface area contributed by atoms with Gasteiger partial charge in [0.2, 0.25) is 10.0 Å². The van der Waals surface area contributed by atoms with Gasteiger partial charge in [-0.05, 0) is 24.3 Å². The average molecular weight is 325 g/mol. The predicted molar refractivity (Wildman–Crippen MR) is 71.0 cm³/mol. The minimum absolute atomic E-state index is 0.171. The van der Waals surface area contributed by atoms with Crippen LogP contribution in [0.4, 0.5) is 8.78 Å². The lowest BCUT2D eigenvalue weighted by molar-refractivity contribution is -0.0437. The first-order chi connectivity index (χ1) is 9.80. The molecule has 0 amide bonds. The molecule has 0 saturated carbocycles. The van der Waals surface area contributed by atoms with Gasteiger partial charge in [-0.3, -0.25) is 0 Å². The third-order valence-corrected chi connectivity index (χ3v) is 3.86. The molecule has 0 spiro atoms. The summed E-state index contributed by atoms with van der Waals surface area (Å²) in [4.78, 5) is -0.171. The summed E-state index contributed by atoms with van der Waals surface area (Å²) in [7, 11) is -2.55. The van der Waals surface area contributed by atoms with Crippen LogP contribution in [0.2, 0.25) is 0 Å². The van der Waals surface area contributed by atoms with Crippen LogP contribution < -0.4 is 9.46 Å². The Labute approximate surface area is 121 Å². The van der Waals surface area contributed by atoms with E-state index in [1.807, 2.05) is 0 Å². The minimum Gasteiger partial charge on any atom is -0.491 e. The maximum atomic E-state index is 12.8. The SMILES string of the molecule is COCCOc1ccc(S(=O)(=O)NCC(F)(F)CO)cc1. The molecular formula is C12H17F2NO5S. The fraction of sp³-hybridized carbons (Fsp3) is 0.500. The normalized spacial score (nSPS) is 12.4. The van der Waals surface area contributed by atoms with E-state index in [0.29, 0.717) is 19.0 Å². The molecule has 0 aromatic heterocycles. The summed E-state index contributed by atoms with van der Waals surface area (Å²) < 4.78 is 61.0. The summed E-state index contributed by atoms with van der Waals surface area (Å²) in [6.45, 7) is -1.90. The van der Waals surface area contributed by atoms with Gasteiger partial charge in [0.15, 0.2) is 0 Å². The molecule has 0 radical (unpaired) electrons. The van der Waals surface area contributed by atoms with Gasteiger partial charge in [-0.2, -0.15) is 0 Å². The van der Waals surface area contributed by atoms with E-state index in [1.54, 1.807) is 4.72 Å². The number of nitrogens with one attached hydrogen (secondary N) is 1. The van der Waals surface area contributed by atoms with Crippen molar-refractivity contribution in [3.05, 3.63) is 24.3 Å². The smallest absolute Gasteiger partial charge is 0.283 e. The number of alkyl halides is 2. The number of aliphatic hydroxyl groups is 1. The first-order valence-corrected chi connectivity index (χ1v) is 7.49. The van der Waals surface area contributed by atoms with Gasteiger partial charge in [-0.15, -0.1) is 0 Å². The second-order valence-electron chi connectivity index (χ2n) is 4.15. The molecule has 2 N–H and O–H groups in total. The molecule has 0 aliphatic rings. The standard InChI is InChI=1S/C12H17F2NO5S/c1-19-6-7-20-10-2-4-11(5-3-10)21(17,18)15-8-12(13,14)9-16/h2-5,15-16H,6-9H2,1H3. The number of methoxy groups -OCH3 is 1. The van der Waals surface area contributed by atoms with Crippen molar-refractivity contribution in [2.75, 3.05) is 33.5 Å². The molecule has 9 heteroatoms. The average Bonchev–Trinajstić information content (AvgIpc) is 2.46. The molecule has 6 nitrogen and oxygen atoms in total. The number of rotatable bonds is 9. The number of aliphatic hydroxyl groups excluding tert-OH is 1. The Morgan fingerprint density at radius 3 is 2.38 bits per heavy atom. The lowest BCUT2D eigenvalue weighted by Gasteiger charge is -2.14. The Morgan fingerprint density at radius 2 is 1.86 bits per heavy atom. The van der Waals surface area contributed by atoms with Crippen LogP contribution in [0.1, 0.15) is 0 Å². The first-order valence-electron chi connectivity index (χ1n) is 6.01. The number of halogens is 2. The van der Waals surface area contributed by atoms with Crippen LogP contribution in [0, 0.1) is 0 Å². The lowest BCUT2D eigenvalue weighted by atomic mass is 10.3. The number of benzene rings is 1. The molecule has 0 bridgehead atoms. The fourth-order valence-corrected chi connectivity index (χ4v) is 2.36. The largest absolute Gasteiger partial charge is 0.491 e. The third-order valence-electron chi connectivity index (χ3n) is 2.44. The minimum atomic E-state index is -4.07. The quantitative estimate of drug-likeness (QED) is 0.650. The van der Waals surface area contributed by atoms with E-state index in [2.05, 4.69) is 0 Å². The molecule has 0 atom stereocenters. The van der Waals surface area contributed by atoms with E-state index < -0.39 is 29.1 Å². The highest BCUT2D eigenvalue weighted by Crippen LogP contribution is 2.17. The van der Waals surface area contributed by atoms with E-state index in [9.17, 15) is 17.2 Å². The zero-order valence-corrected chi connectivity index (χ0v) is 12.2. The van der Waals surface area contributed by atoms with Crippen molar-refractivity contribution in [2.45, 2.75) is 10.8 Å². The Bertz CT molecular complexity index is 533. The number of hydrogen-bond donors (Lipinski definition) is 2. The highest BCUT2D eigenvalue weighted by molar-refractivity contribution is 7.89. The zero-order valence-electron chi connectivity index (χ0n) is 11.4. The van der Waals surface area contributed by atoms with E-state index in [0.717, 1.165) is 0 Å². The maximum absolute atomic E-state index is 12.8. The first kappa shape index (κ1) is 17.8. The zero-order chi connectivity index (χ0) is 15.9. The van der Waals surface area contributed by atoms with Crippen LogP contribution in [0.3, 0.4) is 0 Å². The Balaban J connectivity index is 2.67. The Morgan fingerprint density at radius 1 is 1.24 bits per heavy atom. The van der Waals surface area contributed by atoms with Gasteiger partial charge >= 0.3 is 0 Å². The highest BCUT2D eigenvalue weighted by Gasteiger charge is 2.30. The molecule has 0 saturated heterocycles. The summed E-state index contributed by atoms with van der Waals surface area (Å²) in [5.74, 6) is -3.07. The molecule has 1 aromatic rings. The summed E-state index contributed by atoms with van der Waals surface area (Å²) in [5.41, 5.74) is 0. The highest BCUT2D eigenvalue weighted by atomic mass is 32.2. The second-order valence-corrected chi connectivity index (χ2v) is 5.92. The maximum Gasteiger partial charge on any atom is 0.283 e. The van der Waals surface area contributed by atoms with E-state index in [-0.39, 0.29) is 4.90 Å². The molecular weight excluding hydrogens is 308 g/mol. The van der Waals surface area contributed by atoms with Crippen LogP contribution in [0.5, 0.6) is 5.75 Å². The van der Waals surface area contributed by atoms with Gasteiger partial charge in [0, 0.05) is 7.11 Å². The fourth-order valence-electron chi connectivity index (χ4n) is 1.30. The van der Waals surface area contributed by atoms with Crippen LogP contribution in [-0.2, 0) is 14.8 Å². The number of ether oxygens (including phenoxy) is 2. The molecule has 120 valence electrons. The molecule has 0 heterocycles. The monoisotopic (exact) mass is 325 g/mol. The van der Waals surface area contributed by atoms with Gasteiger partial charge in [-0.1, -0.05) is 0 Å². The van der Waals surface area contributed by atoms with Gasteiger partial charge in [-0.25, -0.2) is 21.9 Å². The third kappa shape index (κ3) is 5.92. The van der Waals surface area contributed by atoms with Crippen LogP contribution in [-0.4, -0.2) is 52.9 Å². The number of hydrogen-bond acceptors (Lipinski definition) is 5. The Kier molecular flexibility index (Phi) is 6.46. The summed E-state index contributed by atoms with van der Waals surface area (Å²) in [6.07, 6.45) is 0. The predicted octanol–water partition coefficient (Wildman–Crippen LogP) is 0.618. The van der Waals surface area contributed by atoms with Crippen molar-refractivity contribution in [3.8, 4) is 5.75 Å². The molecule has 21 heavy (non-hydrogen) atoms. The van der Waals surface area contributed by atoms with Crippen molar-refractivity contribution in [2.24, 2.45) is 0 Å². The van der Waals surface area contributed by atoms with Crippen molar-refractivity contribution >= 4 is 10.0 Å². The lowest BCUT2D eigenvalue weighted by Crippen LogP contribution is -2.38. The van der Waals surface area contributed by atoms with Gasteiger partial charge in [0.05, 0.1) is 18.0 Å². The molecule has 1 rings (SSSR count). The van der Waals surface area contributed by atoms with Crippen LogP contribution in [0.15, 0.2) is 29.2 Å². The molecule has 0 aliphatic carbocycles. The summed E-state index contributed by atoms with van der Waals surface area (Å²) in [6, 6.07) is 5.30. The van der Waals surface area contributed by atoms with Gasteiger partial charge < -0.3 is 14.6 Å². The molecule has 0 fully saturated rings. The molecule has 0 unspecified atom stereocenters. The van der Waals surface area contributed by atoms with E-state index >= 15 is 0 Å². The molecule has 1 aromatic carbocycles. The van der Waals surface area contributed by atoms with Crippen molar-refractivity contribution in [1.82, 2.24) is 4.72 Å². The topological polar surface area (TPSA) is 84.9 Å². The van der Waals surface area contributed by atoms with Crippen LogP contribution in [0.25, 0.3) is 0 Å². The molecule has 0 aliphatic heterocycles. The van der Waals surface area contributed by atoms with Gasteiger partial charge in [0.25, 0.3) is 5.92 Å². The Hall–Kier alpha value is -1.29. The van der Waals surface area contributed by atoms with Crippen molar-refractivity contribution in [1.29, 1.82) is 0 Å². The van der Waals surface area contributed by atoms with E-state index in [1.165, 1.54) is 31.4 Å². The second kappa shape index (κ2) is 7.64. The van der Waals surface area contributed by atoms with Crippen LogP contribution >= 0.6 is 0 Å².